The van der Waals surface area contributed by atoms with Crippen molar-refractivity contribution in [3.8, 4) is 5.75 Å². The van der Waals surface area contributed by atoms with Gasteiger partial charge in [0.1, 0.15) is 18.2 Å². The Bertz CT molecular complexity index is 759. The Morgan fingerprint density at radius 1 is 1.43 bits per heavy atom. The maximum atomic E-state index is 12.4. The van der Waals surface area contributed by atoms with E-state index in [0.717, 1.165) is 42.3 Å². The Labute approximate surface area is 138 Å². The molecule has 0 fully saturated rings. The van der Waals surface area contributed by atoms with E-state index in [4.69, 9.17) is 16.3 Å². The average Bonchev–Trinajstić information content (AvgIpc) is 3.15. The zero-order valence-electron chi connectivity index (χ0n) is 12.6. The number of carbonyl (C=O) groups excluding carboxylic acids is 1. The molecule has 3 heterocycles. The van der Waals surface area contributed by atoms with Crippen molar-refractivity contribution in [3.63, 3.8) is 0 Å². The lowest BCUT2D eigenvalue weighted by atomic mass is 9.96. The number of amides is 1. The van der Waals surface area contributed by atoms with Crippen LogP contribution >= 0.6 is 11.6 Å². The molecule has 1 N–H and O–H groups in total. The van der Waals surface area contributed by atoms with E-state index in [9.17, 15) is 4.79 Å². The highest BCUT2D eigenvalue weighted by atomic mass is 35.5. The van der Waals surface area contributed by atoms with Crippen LogP contribution in [0, 0.1) is 5.92 Å². The lowest BCUT2D eigenvalue weighted by Crippen LogP contribution is -2.37. The van der Waals surface area contributed by atoms with Crippen LogP contribution in [0.2, 0.25) is 5.02 Å². The second kappa shape index (κ2) is 5.85. The first-order valence-corrected chi connectivity index (χ1v) is 8.18. The minimum absolute atomic E-state index is 0.0222. The first-order chi connectivity index (χ1) is 11.2. The molecule has 0 bridgehead atoms. The van der Waals surface area contributed by atoms with E-state index >= 15 is 0 Å². The number of rotatable bonds is 3. The molecule has 0 radical (unpaired) electrons. The van der Waals surface area contributed by atoms with Crippen LogP contribution in [0.4, 0.5) is 0 Å². The van der Waals surface area contributed by atoms with Crippen LogP contribution in [0.25, 0.3) is 0 Å². The van der Waals surface area contributed by atoms with Crippen LogP contribution in [-0.4, -0.2) is 27.3 Å². The molecule has 4 rings (SSSR count). The van der Waals surface area contributed by atoms with Crippen molar-refractivity contribution < 1.29 is 9.53 Å². The van der Waals surface area contributed by atoms with E-state index in [1.165, 1.54) is 0 Å². The number of hydrogen-bond acceptors (Lipinski definition) is 4. The first-order valence-electron chi connectivity index (χ1n) is 7.80. The number of benzene rings is 1. The van der Waals surface area contributed by atoms with Crippen LogP contribution in [0.15, 0.2) is 18.2 Å². The third kappa shape index (κ3) is 2.79. The molecule has 7 heteroatoms. The third-order valence-electron chi connectivity index (χ3n) is 4.41. The third-order valence-corrected chi connectivity index (χ3v) is 4.64. The molecule has 1 aromatic heterocycles. The van der Waals surface area contributed by atoms with Gasteiger partial charge in [0.2, 0.25) is 5.91 Å². The Kier molecular flexibility index (Phi) is 3.69. The molecule has 2 aliphatic heterocycles. The van der Waals surface area contributed by atoms with Crippen LogP contribution in [0.5, 0.6) is 5.75 Å². The molecule has 0 aliphatic carbocycles. The fourth-order valence-corrected chi connectivity index (χ4v) is 3.38. The molecule has 0 saturated carbocycles. The minimum Gasteiger partial charge on any atom is -0.492 e. The second-order valence-corrected chi connectivity index (χ2v) is 6.41. The maximum Gasteiger partial charge on any atom is 0.227 e. The minimum atomic E-state index is -0.207. The van der Waals surface area contributed by atoms with Gasteiger partial charge in [-0.1, -0.05) is 11.6 Å². The molecule has 2 aliphatic rings. The quantitative estimate of drug-likeness (QED) is 0.929. The zero-order valence-corrected chi connectivity index (χ0v) is 13.3. The number of halogens is 1. The van der Waals surface area contributed by atoms with Gasteiger partial charge < -0.3 is 14.6 Å². The van der Waals surface area contributed by atoms with E-state index in [0.29, 0.717) is 24.6 Å². The molecule has 0 spiro atoms. The molecule has 6 nitrogen and oxygen atoms in total. The normalized spacial score (nSPS) is 18.9. The molecule has 0 saturated heterocycles. The van der Waals surface area contributed by atoms with E-state index in [-0.39, 0.29) is 11.8 Å². The summed E-state index contributed by atoms with van der Waals surface area (Å²) in [4.78, 5) is 12.4. The molecule has 2 aromatic rings. The smallest absolute Gasteiger partial charge is 0.227 e. The highest BCUT2D eigenvalue weighted by molar-refractivity contribution is 6.30. The van der Waals surface area contributed by atoms with E-state index in [1.54, 1.807) is 6.07 Å². The Morgan fingerprint density at radius 3 is 3.26 bits per heavy atom. The molecule has 1 amide bonds. The molecule has 0 unspecified atom stereocenters. The molecule has 23 heavy (non-hydrogen) atoms. The number of ether oxygens (including phenoxy) is 1. The Morgan fingerprint density at radius 2 is 2.35 bits per heavy atom. The van der Waals surface area contributed by atoms with Gasteiger partial charge in [-0.3, -0.25) is 4.79 Å². The summed E-state index contributed by atoms with van der Waals surface area (Å²) >= 11 is 6.01. The summed E-state index contributed by atoms with van der Waals surface area (Å²) < 4.78 is 7.76. The summed E-state index contributed by atoms with van der Waals surface area (Å²) in [6, 6.07) is 5.51. The number of aryl methyl sites for hydroxylation is 1. The van der Waals surface area contributed by atoms with Crippen molar-refractivity contribution >= 4 is 17.5 Å². The molecule has 120 valence electrons. The highest BCUT2D eigenvalue weighted by Crippen LogP contribution is 2.29. The first kappa shape index (κ1) is 14.5. The highest BCUT2D eigenvalue weighted by Gasteiger charge is 2.26. The number of nitrogens with one attached hydrogen (secondary N) is 1. The van der Waals surface area contributed by atoms with E-state index in [1.807, 2.05) is 12.1 Å². The van der Waals surface area contributed by atoms with Crippen molar-refractivity contribution in [3.05, 3.63) is 40.4 Å². The summed E-state index contributed by atoms with van der Waals surface area (Å²) in [6.07, 6.45) is 2.70. The van der Waals surface area contributed by atoms with Crippen LogP contribution in [0.3, 0.4) is 0 Å². The average molecular weight is 333 g/mol. The maximum absolute atomic E-state index is 12.4. The topological polar surface area (TPSA) is 69.0 Å². The lowest BCUT2D eigenvalue weighted by molar-refractivity contribution is -0.126. The second-order valence-electron chi connectivity index (χ2n) is 5.97. The fraction of sp³-hybridized carbons (Fsp3) is 0.438. The van der Waals surface area contributed by atoms with E-state index < -0.39 is 0 Å². The van der Waals surface area contributed by atoms with Gasteiger partial charge in [0.25, 0.3) is 0 Å². The van der Waals surface area contributed by atoms with Gasteiger partial charge in [-0.2, -0.15) is 0 Å². The molecular weight excluding hydrogens is 316 g/mol. The summed E-state index contributed by atoms with van der Waals surface area (Å²) in [6.45, 7) is 1.73. The molecular formula is C16H17ClN4O2. The summed E-state index contributed by atoms with van der Waals surface area (Å²) in [5, 5.41) is 11.9. The van der Waals surface area contributed by atoms with Gasteiger partial charge >= 0.3 is 0 Å². The van der Waals surface area contributed by atoms with Gasteiger partial charge in [0.15, 0.2) is 5.82 Å². The molecule has 1 atom stereocenters. The van der Waals surface area contributed by atoms with Gasteiger partial charge in [0.05, 0.1) is 12.5 Å². The standard InChI is InChI=1S/C16H17ClN4O2/c17-12-3-4-13-10(7-12)6-11(9-23-13)16(22)18-8-15-20-19-14-2-1-5-21(14)15/h3-4,7,11H,1-2,5-6,8-9H2,(H,18,22)/t11-/m0/s1. The number of carbonyl (C=O) groups is 1. The van der Waals surface area contributed by atoms with Crippen LogP contribution < -0.4 is 10.1 Å². The lowest BCUT2D eigenvalue weighted by Gasteiger charge is -2.24. The largest absolute Gasteiger partial charge is 0.492 e. The van der Waals surface area contributed by atoms with Gasteiger partial charge in [-0.15, -0.1) is 10.2 Å². The number of aromatic nitrogens is 3. The molecule has 1 aromatic carbocycles. The number of nitrogens with zero attached hydrogens (tertiary/aromatic N) is 3. The number of fused-ring (bicyclic) bond motifs is 2. The van der Waals surface area contributed by atoms with Crippen molar-refractivity contribution in [2.45, 2.75) is 32.4 Å². The van der Waals surface area contributed by atoms with Crippen molar-refractivity contribution in [2.75, 3.05) is 6.61 Å². The summed E-state index contributed by atoms with van der Waals surface area (Å²) in [7, 11) is 0. The monoisotopic (exact) mass is 332 g/mol. The summed E-state index contributed by atoms with van der Waals surface area (Å²) in [5.41, 5.74) is 0.979. The zero-order chi connectivity index (χ0) is 15.8. The fourth-order valence-electron chi connectivity index (χ4n) is 3.18. The van der Waals surface area contributed by atoms with Crippen molar-refractivity contribution in [1.82, 2.24) is 20.1 Å². The van der Waals surface area contributed by atoms with Crippen molar-refractivity contribution in [2.24, 2.45) is 5.92 Å². The SMILES string of the molecule is O=C(NCc1nnc2n1CCC2)[C@@H]1COc2ccc(Cl)cc2C1. The van der Waals surface area contributed by atoms with Gasteiger partial charge in [-0.05, 0) is 36.6 Å². The van der Waals surface area contributed by atoms with Crippen molar-refractivity contribution in [1.29, 1.82) is 0 Å². The van der Waals surface area contributed by atoms with Crippen LogP contribution in [-0.2, 0) is 30.7 Å². The van der Waals surface area contributed by atoms with Gasteiger partial charge in [0, 0.05) is 18.0 Å². The van der Waals surface area contributed by atoms with Crippen LogP contribution in [0.1, 0.15) is 23.6 Å². The predicted molar refractivity (Wildman–Crippen MR) is 84.3 cm³/mol. The Hall–Kier alpha value is -2.08. The predicted octanol–water partition coefficient (Wildman–Crippen LogP) is 1.75. The van der Waals surface area contributed by atoms with E-state index in [2.05, 4.69) is 20.1 Å². The number of hydrogen-bond donors (Lipinski definition) is 1. The Balaban J connectivity index is 1.40. The van der Waals surface area contributed by atoms with Gasteiger partial charge in [-0.25, -0.2) is 0 Å². The summed E-state index contributed by atoms with van der Waals surface area (Å²) in [5.74, 6) is 2.42.